The number of ether oxygens (including phenoxy) is 2. The van der Waals surface area contributed by atoms with Crippen LogP contribution in [0.4, 0.5) is 11.4 Å². The summed E-state index contributed by atoms with van der Waals surface area (Å²) in [5.41, 5.74) is 0.943. The van der Waals surface area contributed by atoms with Crippen molar-refractivity contribution in [3.05, 3.63) is 58.1 Å². The number of oxime groups is 1. The second kappa shape index (κ2) is 9.02. The van der Waals surface area contributed by atoms with Gasteiger partial charge in [-0.15, -0.1) is 0 Å². The normalized spacial score (nSPS) is 10.4. The molecule has 0 unspecified atom stereocenters. The highest BCUT2D eigenvalue weighted by Crippen LogP contribution is 2.29. The molecule has 0 radical (unpaired) electrons. The summed E-state index contributed by atoms with van der Waals surface area (Å²) in [6.45, 7) is -0.320. The fraction of sp³-hybridized carbons (Fsp3) is 0.176. The first-order chi connectivity index (χ1) is 12.5. The Balaban J connectivity index is 1.87. The number of benzene rings is 2. The smallest absolute Gasteiger partial charge is 0.270 e. The van der Waals surface area contributed by atoms with Gasteiger partial charge in [-0.3, -0.25) is 14.9 Å². The van der Waals surface area contributed by atoms with Gasteiger partial charge in [-0.1, -0.05) is 17.3 Å². The Hall–Kier alpha value is -3.62. The van der Waals surface area contributed by atoms with Crippen LogP contribution in [0.1, 0.15) is 5.56 Å². The van der Waals surface area contributed by atoms with Crippen LogP contribution in [-0.4, -0.2) is 37.9 Å². The predicted octanol–water partition coefficient (Wildman–Crippen LogP) is 2.60. The summed E-state index contributed by atoms with van der Waals surface area (Å²) in [4.78, 5) is 26.9. The maximum Gasteiger partial charge on any atom is 0.270 e. The van der Waals surface area contributed by atoms with Crippen LogP contribution in [0.5, 0.6) is 11.5 Å². The van der Waals surface area contributed by atoms with Gasteiger partial charge >= 0.3 is 0 Å². The number of carbonyl (C=O) groups excluding carboxylic acids is 1. The van der Waals surface area contributed by atoms with Gasteiger partial charge in [0.1, 0.15) is 0 Å². The molecule has 1 N–H and O–H groups in total. The summed E-state index contributed by atoms with van der Waals surface area (Å²) in [7, 11) is 3.01. The first kappa shape index (κ1) is 18.7. The Labute approximate surface area is 149 Å². The second-order valence-corrected chi connectivity index (χ2v) is 4.98. The van der Waals surface area contributed by atoms with Gasteiger partial charge < -0.3 is 19.6 Å². The van der Waals surface area contributed by atoms with E-state index in [1.54, 1.807) is 24.3 Å². The van der Waals surface area contributed by atoms with Gasteiger partial charge in [0.15, 0.2) is 18.1 Å². The van der Waals surface area contributed by atoms with E-state index in [-0.39, 0.29) is 12.3 Å². The highest BCUT2D eigenvalue weighted by Gasteiger charge is 2.08. The molecule has 0 aliphatic heterocycles. The Bertz CT molecular complexity index is 822. The van der Waals surface area contributed by atoms with Gasteiger partial charge in [0.05, 0.1) is 25.4 Å². The average molecular weight is 359 g/mol. The fourth-order valence-electron chi connectivity index (χ4n) is 2.02. The van der Waals surface area contributed by atoms with E-state index in [1.165, 1.54) is 38.6 Å². The molecule has 9 nitrogen and oxygen atoms in total. The van der Waals surface area contributed by atoms with E-state index in [0.29, 0.717) is 22.7 Å². The van der Waals surface area contributed by atoms with Crippen LogP contribution in [0.25, 0.3) is 0 Å². The number of amides is 1. The largest absolute Gasteiger partial charge is 0.493 e. The van der Waals surface area contributed by atoms with Crippen molar-refractivity contribution >= 4 is 23.5 Å². The lowest BCUT2D eigenvalue weighted by Gasteiger charge is -2.10. The average Bonchev–Trinajstić information content (AvgIpc) is 2.65. The quantitative estimate of drug-likeness (QED) is 0.440. The summed E-state index contributed by atoms with van der Waals surface area (Å²) in [5, 5.41) is 17.0. The van der Waals surface area contributed by atoms with E-state index in [2.05, 4.69) is 10.5 Å². The zero-order chi connectivity index (χ0) is 18.9. The number of nitrogens with one attached hydrogen (secondary N) is 1. The van der Waals surface area contributed by atoms with E-state index >= 15 is 0 Å². The molecule has 0 atom stereocenters. The van der Waals surface area contributed by atoms with Crippen molar-refractivity contribution < 1.29 is 24.0 Å². The van der Waals surface area contributed by atoms with E-state index in [1.807, 2.05) is 0 Å². The topological polar surface area (TPSA) is 112 Å². The third-order valence-electron chi connectivity index (χ3n) is 3.22. The van der Waals surface area contributed by atoms with Crippen LogP contribution in [0, 0.1) is 10.1 Å². The summed E-state index contributed by atoms with van der Waals surface area (Å²) in [6.07, 6.45) is 1.29. The number of nitro groups is 1. The van der Waals surface area contributed by atoms with Gasteiger partial charge in [-0.2, -0.15) is 0 Å². The van der Waals surface area contributed by atoms with Crippen molar-refractivity contribution in [2.45, 2.75) is 0 Å². The number of methoxy groups -OCH3 is 2. The molecule has 1 amide bonds. The van der Waals surface area contributed by atoms with Crippen LogP contribution in [-0.2, 0) is 9.63 Å². The van der Waals surface area contributed by atoms with E-state index < -0.39 is 10.8 Å². The monoisotopic (exact) mass is 359 g/mol. The van der Waals surface area contributed by atoms with Crippen LogP contribution < -0.4 is 14.8 Å². The van der Waals surface area contributed by atoms with Gasteiger partial charge in [-0.25, -0.2) is 0 Å². The lowest BCUT2D eigenvalue weighted by Crippen LogP contribution is -2.17. The van der Waals surface area contributed by atoms with E-state index in [9.17, 15) is 14.9 Å². The van der Waals surface area contributed by atoms with Crippen LogP contribution in [0.15, 0.2) is 47.6 Å². The van der Waals surface area contributed by atoms with E-state index in [0.717, 1.165) is 0 Å². The second-order valence-electron chi connectivity index (χ2n) is 4.98. The summed E-state index contributed by atoms with van der Waals surface area (Å²) in [5.74, 6) is 0.603. The predicted molar refractivity (Wildman–Crippen MR) is 94.8 cm³/mol. The molecule has 0 saturated heterocycles. The Kier molecular flexibility index (Phi) is 6.49. The van der Waals surface area contributed by atoms with Gasteiger partial charge in [0.2, 0.25) is 0 Å². The Morgan fingerprint density at radius 1 is 1.19 bits per heavy atom. The van der Waals surface area contributed by atoms with Crippen LogP contribution >= 0.6 is 0 Å². The molecule has 0 aliphatic rings. The molecule has 0 aliphatic carbocycles. The number of hydrogen-bond acceptors (Lipinski definition) is 7. The zero-order valence-corrected chi connectivity index (χ0v) is 14.2. The third kappa shape index (κ3) is 5.20. The molecule has 26 heavy (non-hydrogen) atoms. The fourth-order valence-corrected chi connectivity index (χ4v) is 2.02. The third-order valence-corrected chi connectivity index (χ3v) is 3.22. The minimum atomic E-state index is -0.505. The molecule has 2 rings (SSSR count). The standard InChI is InChI=1S/C17H17N3O6/c1-24-15-7-6-13(9-16(15)25-2)19-17(21)11-26-18-10-12-4-3-5-14(8-12)20(22)23/h3-10H,11H2,1-2H3,(H,19,21)/b18-10-. The molecule has 0 saturated carbocycles. The number of rotatable bonds is 8. The summed E-state index contributed by atoms with van der Waals surface area (Å²) < 4.78 is 10.3. The molecule has 0 bridgehead atoms. The van der Waals surface area contributed by atoms with Crippen molar-refractivity contribution in [2.24, 2.45) is 5.16 Å². The van der Waals surface area contributed by atoms with Crippen molar-refractivity contribution in [1.82, 2.24) is 0 Å². The molecular formula is C17H17N3O6. The Morgan fingerprint density at radius 2 is 1.96 bits per heavy atom. The SMILES string of the molecule is COc1ccc(NC(=O)CO/N=C\c2cccc([N+](=O)[O-])c2)cc1OC. The molecule has 9 heteroatoms. The Morgan fingerprint density at radius 3 is 2.65 bits per heavy atom. The molecule has 2 aromatic rings. The number of carbonyl (C=O) groups is 1. The lowest BCUT2D eigenvalue weighted by molar-refractivity contribution is -0.384. The van der Waals surface area contributed by atoms with Crippen molar-refractivity contribution in [3.63, 3.8) is 0 Å². The molecule has 0 heterocycles. The number of hydrogen-bond donors (Lipinski definition) is 1. The molecule has 0 spiro atoms. The lowest BCUT2D eigenvalue weighted by atomic mass is 10.2. The van der Waals surface area contributed by atoms with Gasteiger partial charge in [0, 0.05) is 29.4 Å². The molecular weight excluding hydrogens is 342 g/mol. The highest BCUT2D eigenvalue weighted by molar-refractivity contribution is 5.92. The maximum absolute atomic E-state index is 11.8. The molecule has 0 aromatic heterocycles. The minimum Gasteiger partial charge on any atom is -0.493 e. The molecule has 136 valence electrons. The van der Waals surface area contributed by atoms with Crippen LogP contribution in [0.3, 0.4) is 0 Å². The number of nitro benzene ring substituents is 1. The van der Waals surface area contributed by atoms with E-state index in [4.69, 9.17) is 14.3 Å². The number of nitrogens with zero attached hydrogens (tertiary/aromatic N) is 2. The van der Waals surface area contributed by atoms with Gasteiger partial charge in [0.25, 0.3) is 11.6 Å². The van der Waals surface area contributed by atoms with Gasteiger partial charge in [-0.05, 0) is 12.1 Å². The van der Waals surface area contributed by atoms with Crippen molar-refractivity contribution in [3.8, 4) is 11.5 Å². The van der Waals surface area contributed by atoms with Crippen LogP contribution in [0.2, 0.25) is 0 Å². The first-order valence-corrected chi connectivity index (χ1v) is 7.45. The number of anilines is 1. The highest BCUT2D eigenvalue weighted by atomic mass is 16.6. The molecule has 2 aromatic carbocycles. The first-order valence-electron chi connectivity index (χ1n) is 7.45. The summed E-state index contributed by atoms with van der Waals surface area (Å²) >= 11 is 0. The van der Waals surface area contributed by atoms with Crippen molar-refractivity contribution in [1.29, 1.82) is 0 Å². The van der Waals surface area contributed by atoms with Crippen molar-refractivity contribution in [2.75, 3.05) is 26.1 Å². The maximum atomic E-state index is 11.8. The summed E-state index contributed by atoms with van der Waals surface area (Å²) in [6, 6.07) is 10.8. The number of non-ortho nitro benzene ring substituents is 1. The minimum absolute atomic E-state index is 0.0554. The zero-order valence-electron chi connectivity index (χ0n) is 14.2. The molecule has 0 fully saturated rings.